The molecule has 7 nitrogen and oxygen atoms in total. The van der Waals surface area contributed by atoms with Crippen LogP contribution in [0.15, 0.2) is 40.3 Å². The Balaban J connectivity index is 1.60. The number of ether oxygens (including phenoxy) is 1. The molecular weight excluding hydrogens is 378 g/mol. The first-order valence-corrected chi connectivity index (χ1v) is 10.4. The molecule has 1 saturated carbocycles. The van der Waals surface area contributed by atoms with E-state index in [0.717, 1.165) is 54.2 Å². The van der Waals surface area contributed by atoms with Gasteiger partial charge in [0.25, 0.3) is 5.91 Å². The number of amides is 1. The Kier molecular flexibility index (Phi) is 7.27. The molecule has 0 bridgehead atoms. The molecule has 0 saturated heterocycles. The summed E-state index contributed by atoms with van der Waals surface area (Å²) >= 11 is 0. The minimum absolute atomic E-state index is 0.0455. The van der Waals surface area contributed by atoms with Crippen LogP contribution in [-0.4, -0.2) is 43.8 Å². The summed E-state index contributed by atoms with van der Waals surface area (Å²) < 4.78 is 5.23. The first kappa shape index (κ1) is 21.6. The van der Waals surface area contributed by atoms with Crippen LogP contribution in [0.3, 0.4) is 0 Å². The van der Waals surface area contributed by atoms with Crippen LogP contribution in [0, 0.1) is 18.8 Å². The Hall–Kier alpha value is -3.09. The molecule has 1 aromatic carbocycles. The molecule has 1 aromatic heterocycles. The van der Waals surface area contributed by atoms with E-state index in [1.807, 2.05) is 37.3 Å². The molecular formula is C23H31N5O2. The number of aromatic amines is 1. The number of nitrogens with one attached hydrogen (secondary N) is 2. The van der Waals surface area contributed by atoms with E-state index in [1.165, 1.54) is 6.34 Å². The van der Waals surface area contributed by atoms with Gasteiger partial charge in [-0.2, -0.15) is 0 Å². The molecule has 0 spiro atoms. The second kappa shape index (κ2) is 10.1. The van der Waals surface area contributed by atoms with Crippen LogP contribution in [0.25, 0.3) is 11.3 Å². The standard InChI is InChI=1S/C23H31N5O2/c1-15-12-20(21(28-15)17-8-10-19(30-3)11-9-17)23(29)26-13-16-4-6-18(7-5-16)22(25-2)27-14-24/h8-12,14,16,18,28H,4-7,13H2,1-3H3,(H,26,29)(H2,24,25,27). The highest BCUT2D eigenvalue weighted by Gasteiger charge is 2.25. The monoisotopic (exact) mass is 409 g/mol. The summed E-state index contributed by atoms with van der Waals surface area (Å²) in [6.45, 7) is 2.64. The van der Waals surface area contributed by atoms with Crippen molar-refractivity contribution >= 4 is 18.1 Å². The number of carbonyl (C=O) groups excluding carboxylic acids is 1. The third kappa shape index (κ3) is 5.09. The second-order valence-corrected chi connectivity index (χ2v) is 7.76. The molecule has 30 heavy (non-hydrogen) atoms. The van der Waals surface area contributed by atoms with E-state index in [9.17, 15) is 4.79 Å². The van der Waals surface area contributed by atoms with Gasteiger partial charge in [0.2, 0.25) is 0 Å². The highest BCUT2D eigenvalue weighted by atomic mass is 16.5. The lowest BCUT2D eigenvalue weighted by Gasteiger charge is -2.28. The maximum Gasteiger partial charge on any atom is 0.253 e. The number of aryl methyl sites for hydroxylation is 1. The molecule has 1 fully saturated rings. The number of hydrogen-bond donors (Lipinski definition) is 3. The summed E-state index contributed by atoms with van der Waals surface area (Å²) in [5.41, 5.74) is 8.84. The molecule has 160 valence electrons. The van der Waals surface area contributed by atoms with Crippen LogP contribution in [0.5, 0.6) is 5.75 Å². The van der Waals surface area contributed by atoms with Crippen molar-refractivity contribution < 1.29 is 9.53 Å². The van der Waals surface area contributed by atoms with E-state index in [1.54, 1.807) is 14.2 Å². The van der Waals surface area contributed by atoms with Crippen molar-refractivity contribution in [3.63, 3.8) is 0 Å². The van der Waals surface area contributed by atoms with E-state index in [0.29, 0.717) is 23.9 Å². The maximum atomic E-state index is 12.9. The van der Waals surface area contributed by atoms with Gasteiger partial charge in [-0.1, -0.05) is 0 Å². The molecule has 1 amide bonds. The van der Waals surface area contributed by atoms with E-state index < -0.39 is 0 Å². The Morgan fingerprint density at radius 2 is 1.97 bits per heavy atom. The van der Waals surface area contributed by atoms with Gasteiger partial charge in [-0.05, 0) is 74.4 Å². The lowest BCUT2D eigenvalue weighted by molar-refractivity contribution is 0.0943. The lowest BCUT2D eigenvalue weighted by Crippen LogP contribution is -2.32. The van der Waals surface area contributed by atoms with Crippen LogP contribution in [0.4, 0.5) is 0 Å². The molecule has 0 aliphatic heterocycles. The van der Waals surface area contributed by atoms with Crippen molar-refractivity contribution in [2.75, 3.05) is 20.7 Å². The average Bonchev–Trinajstić information content (AvgIpc) is 3.18. The Morgan fingerprint density at radius 3 is 2.57 bits per heavy atom. The quantitative estimate of drug-likeness (QED) is 0.502. The highest BCUT2D eigenvalue weighted by molar-refractivity contribution is 6.00. The van der Waals surface area contributed by atoms with Crippen LogP contribution in [0.1, 0.15) is 41.7 Å². The number of H-pyrrole nitrogens is 1. The number of benzene rings is 1. The van der Waals surface area contributed by atoms with Gasteiger partial charge in [-0.3, -0.25) is 9.79 Å². The first-order valence-electron chi connectivity index (χ1n) is 10.4. The zero-order valence-corrected chi connectivity index (χ0v) is 17.9. The number of nitrogens with zero attached hydrogens (tertiary/aromatic N) is 2. The topological polar surface area (TPSA) is 105 Å². The Bertz CT molecular complexity index is 906. The fourth-order valence-electron chi connectivity index (χ4n) is 4.13. The summed E-state index contributed by atoms with van der Waals surface area (Å²) in [4.78, 5) is 24.7. The molecule has 1 aliphatic rings. The molecule has 0 radical (unpaired) electrons. The van der Waals surface area contributed by atoms with Crippen molar-refractivity contribution in [2.45, 2.75) is 32.6 Å². The first-order chi connectivity index (χ1) is 14.5. The smallest absolute Gasteiger partial charge is 0.253 e. The lowest BCUT2D eigenvalue weighted by atomic mass is 9.81. The van der Waals surface area contributed by atoms with Gasteiger partial charge in [0.1, 0.15) is 11.6 Å². The van der Waals surface area contributed by atoms with Crippen molar-refractivity contribution in [2.24, 2.45) is 27.6 Å². The third-order valence-corrected chi connectivity index (χ3v) is 5.77. The van der Waals surface area contributed by atoms with Crippen molar-refractivity contribution in [1.29, 1.82) is 0 Å². The summed E-state index contributed by atoms with van der Waals surface area (Å²) in [5.74, 6) is 2.39. The number of aromatic nitrogens is 1. The minimum atomic E-state index is -0.0455. The average molecular weight is 410 g/mol. The fourth-order valence-corrected chi connectivity index (χ4v) is 4.13. The number of hydrogen-bond acceptors (Lipinski definition) is 3. The van der Waals surface area contributed by atoms with E-state index in [4.69, 9.17) is 10.5 Å². The number of nitrogens with two attached hydrogens (primary N) is 1. The van der Waals surface area contributed by atoms with Crippen LogP contribution >= 0.6 is 0 Å². The predicted octanol–water partition coefficient (Wildman–Crippen LogP) is 3.55. The molecule has 3 rings (SSSR count). The summed E-state index contributed by atoms with van der Waals surface area (Å²) in [6, 6.07) is 9.61. The number of amidine groups is 1. The van der Waals surface area contributed by atoms with Gasteiger partial charge in [0.15, 0.2) is 0 Å². The molecule has 4 N–H and O–H groups in total. The summed E-state index contributed by atoms with van der Waals surface area (Å²) in [6.07, 6.45) is 5.44. The minimum Gasteiger partial charge on any atom is -0.497 e. The van der Waals surface area contributed by atoms with Crippen LogP contribution < -0.4 is 15.8 Å². The van der Waals surface area contributed by atoms with Gasteiger partial charge in [0, 0.05) is 25.2 Å². The van der Waals surface area contributed by atoms with Crippen molar-refractivity contribution in [1.82, 2.24) is 10.3 Å². The zero-order valence-electron chi connectivity index (χ0n) is 17.9. The Labute approximate surface area is 177 Å². The van der Waals surface area contributed by atoms with Gasteiger partial charge in [-0.15, -0.1) is 0 Å². The van der Waals surface area contributed by atoms with Crippen molar-refractivity contribution in [3.8, 4) is 17.0 Å². The van der Waals surface area contributed by atoms with Crippen molar-refractivity contribution in [3.05, 3.63) is 41.6 Å². The van der Waals surface area contributed by atoms with Crippen LogP contribution in [0.2, 0.25) is 0 Å². The van der Waals surface area contributed by atoms with Gasteiger partial charge >= 0.3 is 0 Å². The number of rotatable bonds is 6. The molecule has 1 aliphatic carbocycles. The highest BCUT2D eigenvalue weighted by Crippen LogP contribution is 2.30. The van der Waals surface area contributed by atoms with Gasteiger partial charge in [0.05, 0.1) is 24.7 Å². The third-order valence-electron chi connectivity index (χ3n) is 5.77. The molecule has 0 unspecified atom stereocenters. The predicted molar refractivity (Wildman–Crippen MR) is 121 cm³/mol. The zero-order chi connectivity index (χ0) is 21.5. The molecule has 7 heteroatoms. The SMILES string of the molecule is CN=C(N=CN)C1CCC(CNC(=O)c2cc(C)[nH]c2-c2ccc(OC)cc2)CC1. The van der Waals surface area contributed by atoms with E-state index in [2.05, 4.69) is 20.3 Å². The summed E-state index contributed by atoms with van der Waals surface area (Å²) in [7, 11) is 3.40. The van der Waals surface area contributed by atoms with E-state index in [-0.39, 0.29) is 5.91 Å². The molecule has 0 atom stereocenters. The number of methoxy groups -OCH3 is 1. The Morgan fingerprint density at radius 1 is 1.27 bits per heavy atom. The normalized spacial score (nSPS) is 19.8. The number of aliphatic imine (C=N–C) groups is 2. The second-order valence-electron chi connectivity index (χ2n) is 7.76. The largest absolute Gasteiger partial charge is 0.497 e. The summed E-state index contributed by atoms with van der Waals surface area (Å²) in [5, 5.41) is 3.13. The molecule has 2 aromatic rings. The van der Waals surface area contributed by atoms with Gasteiger partial charge in [-0.25, -0.2) is 4.99 Å². The number of carbonyl (C=O) groups is 1. The fraction of sp³-hybridized carbons (Fsp3) is 0.435. The maximum absolute atomic E-state index is 12.9. The van der Waals surface area contributed by atoms with Crippen LogP contribution in [-0.2, 0) is 0 Å². The molecule has 1 heterocycles. The van der Waals surface area contributed by atoms with E-state index >= 15 is 0 Å². The van der Waals surface area contributed by atoms with Gasteiger partial charge < -0.3 is 20.8 Å².